The van der Waals surface area contributed by atoms with Crippen molar-refractivity contribution < 1.29 is 9.59 Å². The number of likely N-dealkylation sites (N-methyl/N-ethyl adjacent to an activating group) is 1. The van der Waals surface area contributed by atoms with E-state index in [4.69, 9.17) is 0 Å². The molecule has 0 spiro atoms. The van der Waals surface area contributed by atoms with Crippen LogP contribution in [-0.4, -0.2) is 24.9 Å². The second-order valence-corrected chi connectivity index (χ2v) is 4.21. The van der Waals surface area contributed by atoms with E-state index >= 15 is 0 Å². The fraction of sp³-hybridized carbons (Fsp3) is 0.429. The molecule has 2 amide bonds. The molecule has 0 atom stereocenters. The minimum atomic E-state index is -0.0983. The fourth-order valence-electron chi connectivity index (χ4n) is 1.57. The molecule has 0 saturated heterocycles. The summed E-state index contributed by atoms with van der Waals surface area (Å²) in [5, 5.41) is 8.51. The van der Waals surface area contributed by atoms with Crippen molar-refractivity contribution in [3.8, 4) is 0 Å². The third-order valence-corrected chi connectivity index (χ3v) is 2.44. The monoisotopic (exact) mass is 263 g/mol. The van der Waals surface area contributed by atoms with E-state index in [2.05, 4.69) is 16.0 Å². The third kappa shape index (κ3) is 6.01. The minimum Gasteiger partial charge on any atom is -0.326 e. The van der Waals surface area contributed by atoms with Crippen LogP contribution in [0.25, 0.3) is 0 Å². The number of carbonyl (C=O) groups excluding carboxylic acids is 2. The smallest absolute Gasteiger partial charge is 0.238 e. The van der Waals surface area contributed by atoms with E-state index in [0.29, 0.717) is 17.8 Å². The first-order valence-electron chi connectivity index (χ1n) is 6.56. The molecule has 1 aromatic carbocycles. The van der Waals surface area contributed by atoms with Crippen LogP contribution in [0.4, 0.5) is 11.4 Å². The maximum atomic E-state index is 11.5. The second-order valence-electron chi connectivity index (χ2n) is 4.21. The van der Waals surface area contributed by atoms with Crippen molar-refractivity contribution in [1.29, 1.82) is 0 Å². The fourth-order valence-corrected chi connectivity index (χ4v) is 1.57. The first-order valence-corrected chi connectivity index (χ1v) is 6.56. The Kier molecular flexibility index (Phi) is 6.60. The molecule has 1 aromatic rings. The van der Waals surface area contributed by atoms with Gasteiger partial charge in [0.25, 0.3) is 0 Å². The summed E-state index contributed by atoms with van der Waals surface area (Å²) in [5.41, 5.74) is 1.37. The van der Waals surface area contributed by atoms with E-state index in [9.17, 15) is 9.59 Å². The summed E-state index contributed by atoms with van der Waals surface area (Å²) in [6.45, 7) is 4.93. The summed E-state index contributed by atoms with van der Waals surface area (Å²) in [6, 6.07) is 7.13. The molecule has 104 valence electrons. The zero-order valence-corrected chi connectivity index (χ0v) is 11.5. The van der Waals surface area contributed by atoms with Gasteiger partial charge in [-0.05, 0) is 31.2 Å². The summed E-state index contributed by atoms with van der Waals surface area (Å²) < 4.78 is 0. The molecule has 0 radical (unpaired) electrons. The number of anilines is 2. The molecule has 3 N–H and O–H groups in total. The lowest BCUT2D eigenvalue weighted by molar-refractivity contribution is -0.116. The highest BCUT2D eigenvalue weighted by atomic mass is 16.2. The molecule has 0 unspecified atom stereocenters. The first-order chi connectivity index (χ1) is 9.15. The maximum absolute atomic E-state index is 11.5. The van der Waals surface area contributed by atoms with Crippen molar-refractivity contribution in [2.24, 2.45) is 0 Å². The molecule has 0 saturated carbocycles. The molecule has 0 bridgehead atoms. The van der Waals surface area contributed by atoms with Crippen LogP contribution < -0.4 is 16.0 Å². The summed E-state index contributed by atoms with van der Waals surface area (Å²) >= 11 is 0. The summed E-state index contributed by atoms with van der Waals surface area (Å²) in [6.07, 6.45) is 1.31. The lowest BCUT2D eigenvalue weighted by Gasteiger charge is -2.08. The molecule has 0 aromatic heterocycles. The quantitative estimate of drug-likeness (QED) is 0.704. The van der Waals surface area contributed by atoms with Crippen LogP contribution in [0.2, 0.25) is 0 Å². The Bertz CT molecular complexity index is 432. The van der Waals surface area contributed by atoms with E-state index in [1.54, 1.807) is 24.3 Å². The van der Waals surface area contributed by atoms with Crippen molar-refractivity contribution in [1.82, 2.24) is 5.32 Å². The summed E-state index contributed by atoms with van der Waals surface area (Å²) in [7, 11) is 0. The predicted molar refractivity (Wildman–Crippen MR) is 77.2 cm³/mol. The first kappa shape index (κ1) is 15.2. The van der Waals surface area contributed by atoms with Gasteiger partial charge >= 0.3 is 0 Å². The van der Waals surface area contributed by atoms with Gasteiger partial charge in [0.1, 0.15) is 0 Å². The minimum absolute atomic E-state index is 0.0152. The molecule has 0 fully saturated rings. The van der Waals surface area contributed by atoms with Crippen LogP contribution >= 0.6 is 0 Å². The average molecular weight is 263 g/mol. The van der Waals surface area contributed by atoms with Crippen LogP contribution in [0.15, 0.2) is 24.3 Å². The van der Waals surface area contributed by atoms with Gasteiger partial charge in [-0.3, -0.25) is 9.59 Å². The largest absolute Gasteiger partial charge is 0.326 e. The van der Waals surface area contributed by atoms with Gasteiger partial charge in [0.15, 0.2) is 0 Å². The molecule has 0 aliphatic heterocycles. The van der Waals surface area contributed by atoms with Crippen molar-refractivity contribution in [3.05, 3.63) is 24.3 Å². The molecule has 0 aliphatic rings. The Balaban J connectivity index is 2.56. The van der Waals surface area contributed by atoms with Gasteiger partial charge in [0, 0.05) is 17.8 Å². The van der Waals surface area contributed by atoms with Gasteiger partial charge in [-0.1, -0.05) is 19.9 Å². The topological polar surface area (TPSA) is 70.2 Å². The average Bonchev–Trinajstić information content (AvgIpc) is 2.37. The van der Waals surface area contributed by atoms with Gasteiger partial charge in [-0.15, -0.1) is 0 Å². The third-order valence-electron chi connectivity index (χ3n) is 2.44. The van der Waals surface area contributed by atoms with Crippen LogP contribution in [0.1, 0.15) is 26.7 Å². The van der Waals surface area contributed by atoms with E-state index in [1.807, 2.05) is 13.8 Å². The highest BCUT2D eigenvalue weighted by molar-refractivity contribution is 5.94. The Morgan fingerprint density at radius 1 is 1.05 bits per heavy atom. The van der Waals surface area contributed by atoms with E-state index in [0.717, 1.165) is 13.0 Å². The predicted octanol–water partition coefficient (Wildman–Crippen LogP) is 1.97. The molecule has 19 heavy (non-hydrogen) atoms. The van der Waals surface area contributed by atoms with E-state index in [1.165, 1.54) is 0 Å². The Morgan fingerprint density at radius 2 is 1.68 bits per heavy atom. The molecule has 0 aliphatic carbocycles. The number of amides is 2. The van der Waals surface area contributed by atoms with Crippen molar-refractivity contribution in [3.63, 3.8) is 0 Å². The molecule has 5 heteroatoms. The van der Waals surface area contributed by atoms with Crippen LogP contribution in [-0.2, 0) is 9.59 Å². The maximum Gasteiger partial charge on any atom is 0.238 e. The van der Waals surface area contributed by atoms with Crippen molar-refractivity contribution in [2.75, 3.05) is 23.7 Å². The molecule has 5 nitrogen and oxygen atoms in total. The van der Waals surface area contributed by atoms with Gasteiger partial charge < -0.3 is 16.0 Å². The zero-order valence-electron chi connectivity index (χ0n) is 11.5. The lowest BCUT2D eigenvalue weighted by Crippen LogP contribution is -2.27. The Hall–Kier alpha value is -1.88. The van der Waals surface area contributed by atoms with Gasteiger partial charge in [0.05, 0.1) is 6.54 Å². The lowest BCUT2D eigenvalue weighted by atomic mass is 10.2. The highest BCUT2D eigenvalue weighted by Gasteiger charge is 2.04. The van der Waals surface area contributed by atoms with Crippen molar-refractivity contribution >= 4 is 23.2 Å². The van der Waals surface area contributed by atoms with Crippen molar-refractivity contribution in [2.45, 2.75) is 26.7 Å². The highest BCUT2D eigenvalue weighted by Crippen LogP contribution is 2.15. The second kappa shape index (κ2) is 8.26. The Morgan fingerprint density at radius 3 is 2.26 bits per heavy atom. The zero-order chi connectivity index (χ0) is 14.1. The number of benzene rings is 1. The molecule has 0 heterocycles. The number of carbonyl (C=O) groups is 2. The Labute approximate surface area is 113 Å². The number of hydrogen-bond acceptors (Lipinski definition) is 3. The van der Waals surface area contributed by atoms with E-state index < -0.39 is 0 Å². The summed E-state index contributed by atoms with van der Waals surface area (Å²) in [5.74, 6) is -0.113. The SMILES string of the molecule is CCCC(=O)Nc1cccc(NC(=O)CNCC)c1. The number of nitrogens with one attached hydrogen (secondary N) is 3. The van der Waals surface area contributed by atoms with E-state index in [-0.39, 0.29) is 18.4 Å². The standard InChI is InChI=1S/C14H21N3O2/c1-3-6-13(18)16-11-7-5-8-12(9-11)17-14(19)10-15-4-2/h5,7-9,15H,3-4,6,10H2,1-2H3,(H,16,18)(H,17,19). The molecule has 1 rings (SSSR count). The van der Waals surface area contributed by atoms with Gasteiger partial charge in [0.2, 0.25) is 11.8 Å². The number of hydrogen-bond donors (Lipinski definition) is 3. The molecular formula is C14H21N3O2. The normalized spacial score (nSPS) is 10.0. The summed E-state index contributed by atoms with van der Waals surface area (Å²) in [4.78, 5) is 23.0. The molecular weight excluding hydrogens is 242 g/mol. The van der Waals surface area contributed by atoms with Gasteiger partial charge in [-0.2, -0.15) is 0 Å². The number of rotatable bonds is 7. The van der Waals surface area contributed by atoms with Crippen LogP contribution in [0, 0.1) is 0 Å². The van der Waals surface area contributed by atoms with Gasteiger partial charge in [-0.25, -0.2) is 0 Å². The van der Waals surface area contributed by atoms with Crippen LogP contribution in [0.3, 0.4) is 0 Å². The van der Waals surface area contributed by atoms with Crippen LogP contribution in [0.5, 0.6) is 0 Å².